The minimum absolute atomic E-state index is 0.0318. The summed E-state index contributed by atoms with van der Waals surface area (Å²) in [6.45, 7) is 4.07. The molecule has 1 aromatic carbocycles. The van der Waals surface area contributed by atoms with Crippen molar-refractivity contribution in [3.63, 3.8) is 0 Å². The lowest BCUT2D eigenvalue weighted by Gasteiger charge is -2.09. The van der Waals surface area contributed by atoms with Crippen LogP contribution in [0.5, 0.6) is 0 Å². The molecule has 0 unspecified atom stereocenters. The number of benzene rings is 1. The molecule has 0 aliphatic carbocycles. The lowest BCUT2D eigenvalue weighted by molar-refractivity contribution is 0.0594. The number of thioether (sulfide) groups is 1. The number of carbonyl (C=O) groups excluding carboxylic acids is 1. The maximum absolute atomic E-state index is 13.7. The van der Waals surface area contributed by atoms with Crippen molar-refractivity contribution in [3.05, 3.63) is 42.0 Å². The van der Waals surface area contributed by atoms with Gasteiger partial charge in [-0.3, -0.25) is 0 Å². The van der Waals surface area contributed by atoms with E-state index in [4.69, 9.17) is 0 Å². The number of halogens is 2. The van der Waals surface area contributed by atoms with Gasteiger partial charge in [0.05, 0.1) is 18.4 Å². The summed E-state index contributed by atoms with van der Waals surface area (Å²) in [6.07, 6.45) is 1.77. The zero-order chi connectivity index (χ0) is 14.3. The molecule has 0 aliphatic heterocycles. The minimum atomic E-state index is -1.20. The van der Waals surface area contributed by atoms with Crippen molar-refractivity contribution in [3.8, 4) is 0 Å². The highest BCUT2D eigenvalue weighted by Gasteiger charge is 2.18. The summed E-state index contributed by atoms with van der Waals surface area (Å²) in [5.41, 5.74) is -0.379. The summed E-state index contributed by atoms with van der Waals surface area (Å²) in [5, 5.41) is 2.77. The number of rotatable bonds is 7. The second kappa shape index (κ2) is 7.78. The summed E-state index contributed by atoms with van der Waals surface area (Å²) in [7, 11) is 1.11. The second-order valence-corrected chi connectivity index (χ2v) is 4.72. The van der Waals surface area contributed by atoms with Crippen LogP contribution in [0.4, 0.5) is 14.5 Å². The van der Waals surface area contributed by atoms with Crippen molar-refractivity contribution in [1.82, 2.24) is 0 Å². The fraction of sp³-hybridized carbons (Fsp3) is 0.308. The number of methoxy groups -OCH3 is 1. The molecule has 1 rings (SSSR count). The lowest BCUT2D eigenvalue weighted by Crippen LogP contribution is -2.10. The normalized spacial score (nSPS) is 10.1. The highest BCUT2D eigenvalue weighted by atomic mass is 32.2. The Morgan fingerprint density at radius 3 is 2.84 bits per heavy atom. The van der Waals surface area contributed by atoms with Crippen LogP contribution in [0, 0.1) is 11.6 Å². The molecule has 0 spiro atoms. The smallest absolute Gasteiger partial charge is 0.340 e. The van der Waals surface area contributed by atoms with E-state index >= 15 is 0 Å². The molecule has 0 radical (unpaired) electrons. The van der Waals surface area contributed by atoms with Gasteiger partial charge in [0, 0.05) is 18.1 Å². The molecule has 0 amide bonds. The van der Waals surface area contributed by atoms with Crippen LogP contribution in [0.25, 0.3) is 0 Å². The van der Waals surface area contributed by atoms with Gasteiger partial charge in [0.2, 0.25) is 0 Å². The van der Waals surface area contributed by atoms with E-state index in [2.05, 4.69) is 16.6 Å². The van der Waals surface area contributed by atoms with E-state index in [-0.39, 0.29) is 5.69 Å². The maximum atomic E-state index is 13.7. The Morgan fingerprint density at radius 1 is 1.47 bits per heavy atom. The average molecular weight is 287 g/mol. The van der Waals surface area contributed by atoms with Gasteiger partial charge in [-0.15, -0.1) is 6.58 Å². The third-order valence-corrected chi connectivity index (χ3v) is 3.25. The first-order valence-electron chi connectivity index (χ1n) is 5.60. The summed E-state index contributed by atoms with van der Waals surface area (Å²) in [4.78, 5) is 11.2. The van der Waals surface area contributed by atoms with Crippen molar-refractivity contribution in [2.75, 3.05) is 30.5 Å². The summed E-state index contributed by atoms with van der Waals surface area (Å²) < 4.78 is 31.6. The molecule has 0 saturated heterocycles. The molecule has 0 aliphatic rings. The summed E-state index contributed by atoms with van der Waals surface area (Å²) >= 11 is 1.62. The Balaban J connectivity index is 2.68. The van der Waals surface area contributed by atoms with E-state index in [1.54, 1.807) is 17.8 Å². The molecule has 0 fully saturated rings. The number of anilines is 1. The Labute approximate surface area is 115 Å². The molecule has 0 aromatic heterocycles. The molecule has 104 valence electrons. The Morgan fingerprint density at radius 2 is 2.21 bits per heavy atom. The largest absolute Gasteiger partial charge is 0.465 e. The van der Waals surface area contributed by atoms with Gasteiger partial charge in [-0.1, -0.05) is 6.08 Å². The molecule has 19 heavy (non-hydrogen) atoms. The summed E-state index contributed by atoms with van der Waals surface area (Å²) in [6, 6.07) is 2.52. The molecule has 0 bridgehead atoms. The molecule has 1 N–H and O–H groups in total. The number of hydrogen-bond donors (Lipinski definition) is 1. The molecular weight excluding hydrogens is 272 g/mol. The van der Waals surface area contributed by atoms with Gasteiger partial charge in [0.15, 0.2) is 11.6 Å². The third kappa shape index (κ3) is 4.24. The van der Waals surface area contributed by atoms with Gasteiger partial charge in [-0.25, -0.2) is 13.6 Å². The van der Waals surface area contributed by atoms with E-state index in [1.165, 1.54) is 12.1 Å². The van der Waals surface area contributed by atoms with Crippen LogP contribution in [-0.2, 0) is 4.74 Å². The minimum Gasteiger partial charge on any atom is -0.465 e. The van der Waals surface area contributed by atoms with Crippen LogP contribution in [0.2, 0.25) is 0 Å². The Bertz CT molecular complexity index is 466. The first-order chi connectivity index (χ1) is 9.11. The van der Waals surface area contributed by atoms with Crippen LogP contribution in [0.3, 0.4) is 0 Å². The summed E-state index contributed by atoms with van der Waals surface area (Å²) in [5.74, 6) is -1.62. The van der Waals surface area contributed by atoms with Crippen molar-refractivity contribution >= 4 is 23.4 Å². The first kappa shape index (κ1) is 15.5. The van der Waals surface area contributed by atoms with Gasteiger partial charge in [0.1, 0.15) is 0 Å². The molecule has 1 aromatic rings. The van der Waals surface area contributed by atoms with Crippen LogP contribution in [-0.4, -0.2) is 31.1 Å². The van der Waals surface area contributed by atoms with Gasteiger partial charge in [0.25, 0.3) is 0 Å². The zero-order valence-electron chi connectivity index (χ0n) is 10.5. The standard InChI is InChI=1S/C13H15F2NO2S/c1-3-7-19-8-6-16-10-5-4-9(13(17)18-2)11(14)12(10)15/h3-5,16H,1,6-8H2,2H3. The second-order valence-electron chi connectivity index (χ2n) is 3.57. The van der Waals surface area contributed by atoms with Crippen LogP contribution >= 0.6 is 11.8 Å². The monoisotopic (exact) mass is 287 g/mol. The number of esters is 1. The Kier molecular flexibility index (Phi) is 6.35. The fourth-order valence-electron chi connectivity index (χ4n) is 1.38. The van der Waals surface area contributed by atoms with Crippen LogP contribution < -0.4 is 5.32 Å². The number of hydrogen-bond acceptors (Lipinski definition) is 4. The predicted molar refractivity (Wildman–Crippen MR) is 73.7 cm³/mol. The van der Waals surface area contributed by atoms with E-state index in [9.17, 15) is 13.6 Å². The topological polar surface area (TPSA) is 38.3 Å². The highest BCUT2D eigenvalue weighted by molar-refractivity contribution is 7.99. The van der Waals surface area contributed by atoms with E-state index in [0.29, 0.717) is 6.54 Å². The molecule has 0 saturated carbocycles. The van der Waals surface area contributed by atoms with Crippen molar-refractivity contribution < 1.29 is 18.3 Å². The van der Waals surface area contributed by atoms with Crippen molar-refractivity contribution in [2.24, 2.45) is 0 Å². The van der Waals surface area contributed by atoms with Gasteiger partial charge in [-0.05, 0) is 12.1 Å². The predicted octanol–water partition coefficient (Wildman–Crippen LogP) is 3.08. The SMILES string of the molecule is C=CCSCCNc1ccc(C(=O)OC)c(F)c1F. The molecule has 0 heterocycles. The number of nitrogens with one attached hydrogen (secondary N) is 1. The van der Waals surface area contributed by atoms with Crippen LogP contribution in [0.15, 0.2) is 24.8 Å². The van der Waals surface area contributed by atoms with Gasteiger partial charge >= 0.3 is 5.97 Å². The number of ether oxygens (including phenoxy) is 1. The van der Waals surface area contributed by atoms with Gasteiger partial charge in [-0.2, -0.15) is 11.8 Å². The van der Waals surface area contributed by atoms with E-state index in [1.807, 2.05) is 0 Å². The third-order valence-electron chi connectivity index (χ3n) is 2.29. The van der Waals surface area contributed by atoms with E-state index in [0.717, 1.165) is 18.6 Å². The molecule has 6 heteroatoms. The highest BCUT2D eigenvalue weighted by Crippen LogP contribution is 2.21. The fourth-order valence-corrected chi connectivity index (χ4v) is 1.96. The quantitative estimate of drug-likeness (QED) is 0.475. The van der Waals surface area contributed by atoms with Crippen molar-refractivity contribution in [1.29, 1.82) is 0 Å². The first-order valence-corrected chi connectivity index (χ1v) is 6.76. The molecule has 3 nitrogen and oxygen atoms in total. The average Bonchev–Trinajstić information content (AvgIpc) is 2.42. The van der Waals surface area contributed by atoms with Gasteiger partial charge < -0.3 is 10.1 Å². The maximum Gasteiger partial charge on any atom is 0.340 e. The lowest BCUT2D eigenvalue weighted by atomic mass is 10.2. The van der Waals surface area contributed by atoms with E-state index < -0.39 is 23.2 Å². The Hall–Kier alpha value is -1.56. The molecule has 0 atom stereocenters. The number of carbonyl (C=O) groups is 1. The zero-order valence-corrected chi connectivity index (χ0v) is 11.4. The van der Waals surface area contributed by atoms with Crippen LogP contribution in [0.1, 0.15) is 10.4 Å². The van der Waals surface area contributed by atoms with Crippen molar-refractivity contribution in [2.45, 2.75) is 0 Å². The molecular formula is C13H15F2NO2S.